The first-order chi connectivity index (χ1) is 15.9. The number of nitrogens with zero attached hydrogens (tertiary/aromatic N) is 5. The summed E-state index contributed by atoms with van der Waals surface area (Å²) in [5.41, 5.74) is 3.58. The molecule has 7 nitrogen and oxygen atoms in total. The van der Waals surface area contributed by atoms with Crippen molar-refractivity contribution in [3.05, 3.63) is 70.4 Å². The van der Waals surface area contributed by atoms with E-state index in [1.807, 2.05) is 29.0 Å². The molecule has 0 radical (unpaired) electrons. The second-order valence-electron chi connectivity index (χ2n) is 8.13. The maximum Gasteiger partial charge on any atom is 0.270 e. The molecule has 4 rings (SSSR count). The van der Waals surface area contributed by atoms with Crippen LogP contribution >= 0.6 is 23.1 Å². The fourth-order valence-electron chi connectivity index (χ4n) is 3.03. The number of carbonyl (C=O) groups excluding carboxylic acids is 1. The Labute approximate surface area is 201 Å². The van der Waals surface area contributed by atoms with Crippen molar-refractivity contribution in [1.82, 2.24) is 30.0 Å². The molecule has 1 aromatic carbocycles. The summed E-state index contributed by atoms with van der Waals surface area (Å²) in [5.74, 6) is 1.58. The monoisotopic (exact) mass is 478 g/mol. The molecule has 0 saturated carbocycles. The first-order valence-corrected chi connectivity index (χ1v) is 12.6. The number of hydrogen-bond acceptors (Lipinski definition) is 7. The number of thioether (sulfide) groups is 1. The average molecular weight is 479 g/mol. The van der Waals surface area contributed by atoms with Gasteiger partial charge in [-0.25, -0.2) is 4.98 Å². The number of rotatable bonds is 8. The predicted octanol–water partition coefficient (Wildman–Crippen LogP) is 5.16. The average Bonchev–Trinajstić information content (AvgIpc) is 3.46. The molecule has 0 aliphatic carbocycles. The molecule has 1 amide bonds. The minimum Gasteiger partial charge on any atom is -0.348 e. The Kier molecular flexibility index (Phi) is 7.20. The van der Waals surface area contributed by atoms with Crippen molar-refractivity contribution in [2.75, 3.05) is 0 Å². The number of pyridine rings is 1. The van der Waals surface area contributed by atoms with Gasteiger partial charge in [-0.05, 0) is 44.0 Å². The van der Waals surface area contributed by atoms with Crippen molar-refractivity contribution >= 4 is 29.0 Å². The maximum atomic E-state index is 12.5. The number of aromatic nitrogens is 5. The maximum absolute atomic E-state index is 12.5. The van der Waals surface area contributed by atoms with Crippen LogP contribution in [-0.2, 0) is 5.75 Å². The van der Waals surface area contributed by atoms with E-state index in [0.717, 1.165) is 27.2 Å². The van der Waals surface area contributed by atoms with Gasteiger partial charge in [0.2, 0.25) is 0 Å². The highest BCUT2D eigenvalue weighted by Crippen LogP contribution is 2.30. The van der Waals surface area contributed by atoms with Gasteiger partial charge in [-0.15, -0.1) is 21.5 Å². The third-order valence-corrected chi connectivity index (χ3v) is 7.30. The molecule has 3 aromatic heterocycles. The van der Waals surface area contributed by atoms with Gasteiger partial charge in [0, 0.05) is 35.1 Å². The molecule has 3 heterocycles. The zero-order valence-electron chi connectivity index (χ0n) is 19.0. The highest BCUT2D eigenvalue weighted by atomic mass is 32.2. The molecule has 4 aromatic rings. The zero-order chi connectivity index (χ0) is 23.4. The van der Waals surface area contributed by atoms with E-state index >= 15 is 0 Å². The van der Waals surface area contributed by atoms with Crippen molar-refractivity contribution in [2.24, 2.45) is 5.92 Å². The summed E-state index contributed by atoms with van der Waals surface area (Å²) >= 11 is 3.03. The van der Waals surface area contributed by atoms with E-state index in [2.05, 4.69) is 70.5 Å². The topological polar surface area (TPSA) is 85.6 Å². The lowest BCUT2D eigenvalue weighted by Crippen LogP contribution is -2.36. The van der Waals surface area contributed by atoms with Crippen molar-refractivity contribution in [3.8, 4) is 17.1 Å². The van der Waals surface area contributed by atoms with E-state index in [1.54, 1.807) is 24.2 Å². The lowest BCUT2D eigenvalue weighted by Gasteiger charge is -2.16. The van der Waals surface area contributed by atoms with Crippen LogP contribution in [0.15, 0.2) is 59.3 Å². The molecule has 0 aliphatic heterocycles. The molecule has 0 fully saturated rings. The molecule has 1 atom stereocenters. The Hall–Kier alpha value is -3.04. The van der Waals surface area contributed by atoms with Gasteiger partial charge in [-0.1, -0.05) is 43.3 Å². The second kappa shape index (κ2) is 10.3. The molecule has 1 unspecified atom stereocenters. The predicted molar refractivity (Wildman–Crippen MR) is 133 cm³/mol. The van der Waals surface area contributed by atoms with Crippen LogP contribution < -0.4 is 5.32 Å². The van der Waals surface area contributed by atoms with Gasteiger partial charge in [-0.3, -0.25) is 14.3 Å². The summed E-state index contributed by atoms with van der Waals surface area (Å²) in [7, 11) is 0. The fourth-order valence-corrected chi connectivity index (χ4v) is 4.78. The van der Waals surface area contributed by atoms with Crippen LogP contribution in [0, 0.1) is 12.8 Å². The van der Waals surface area contributed by atoms with Gasteiger partial charge in [0.25, 0.3) is 5.91 Å². The van der Waals surface area contributed by atoms with Gasteiger partial charge in [0.05, 0.1) is 5.75 Å². The third kappa shape index (κ3) is 5.48. The number of aryl methyl sites for hydroxylation is 1. The van der Waals surface area contributed by atoms with Crippen LogP contribution in [0.3, 0.4) is 0 Å². The molecule has 9 heteroatoms. The molecule has 170 valence electrons. The van der Waals surface area contributed by atoms with Gasteiger partial charge in [0.1, 0.15) is 10.7 Å². The summed E-state index contributed by atoms with van der Waals surface area (Å²) in [6.45, 7) is 8.23. The van der Waals surface area contributed by atoms with Gasteiger partial charge >= 0.3 is 0 Å². The van der Waals surface area contributed by atoms with Crippen molar-refractivity contribution in [3.63, 3.8) is 0 Å². The molecule has 0 bridgehead atoms. The second-order valence-corrected chi connectivity index (χ2v) is 10.0. The smallest absolute Gasteiger partial charge is 0.270 e. The Morgan fingerprint density at radius 1 is 1.09 bits per heavy atom. The third-order valence-electron chi connectivity index (χ3n) is 5.33. The molecule has 0 aliphatic rings. The van der Waals surface area contributed by atoms with Crippen molar-refractivity contribution in [2.45, 2.75) is 44.6 Å². The SMILES string of the molecule is Cc1ccc(-n2c(SCc3nc(C(=O)NC(C)C(C)C)cs3)nnc2-c2ccncc2)cc1. The van der Waals surface area contributed by atoms with Crippen LogP contribution in [0.1, 0.15) is 41.8 Å². The van der Waals surface area contributed by atoms with E-state index in [1.165, 1.54) is 16.9 Å². The fraction of sp³-hybridized carbons (Fsp3) is 0.292. The normalized spacial score (nSPS) is 12.2. The lowest BCUT2D eigenvalue weighted by atomic mass is 10.1. The molecule has 1 N–H and O–H groups in total. The van der Waals surface area contributed by atoms with Crippen LogP contribution in [0.4, 0.5) is 0 Å². The highest BCUT2D eigenvalue weighted by molar-refractivity contribution is 7.98. The largest absolute Gasteiger partial charge is 0.348 e. The first-order valence-electron chi connectivity index (χ1n) is 10.7. The molecule has 0 spiro atoms. The van der Waals surface area contributed by atoms with E-state index in [-0.39, 0.29) is 11.9 Å². The van der Waals surface area contributed by atoms with E-state index in [9.17, 15) is 4.79 Å². The number of amides is 1. The minimum absolute atomic E-state index is 0.0942. The van der Waals surface area contributed by atoms with Crippen molar-refractivity contribution < 1.29 is 4.79 Å². The summed E-state index contributed by atoms with van der Waals surface area (Å²) in [5, 5.41) is 15.4. The number of hydrogen-bond donors (Lipinski definition) is 1. The van der Waals surface area contributed by atoms with E-state index in [0.29, 0.717) is 17.4 Å². The summed E-state index contributed by atoms with van der Waals surface area (Å²) in [6, 6.07) is 12.2. The Balaban J connectivity index is 1.56. The van der Waals surface area contributed by atoms with Gasteiger partial charge in [-0.2, -0.15) is 0 Å². The molecule has 0 saturated heterocycles. The van der Waals surface area contributed by atoms with Crippen LogP contribution in [-0.4, -0.2) is 36.7 Å². The summed E-state index contributed by atoms with van der Waals surface area (Å²) < 4.78 is 2.05. The number of nitrogens with one attached hydrogen (secondary N) is 1. The van der Waals surface area contributed by atoms with E-state index < -0.39 is 0 Å². The quantitative estimate of drug-likeness (QED) is 0.352. The highest BCUT2D eigenvalue weighted by Gasteiger charge is 2.18. The number of carbonyl (C=O) groups is 1. The zero-order valence-corrected chi connectivity index (χ0v) is 20.7. The van der Waals surface area contributed by atoms with Gasteiger partial charge < -0.3 is 5.32 Å². The van der Waals surface area contributed by atoms with Crippen molar-refractivity contribution in [1.29, 1.82) is 0 Å². The number of thiazole rings is 1. The summed E-state index contributed by atoms with van der Waals surface area (Å²) in [4.78, 5) is 21.1. The first kappa shape index (κ1) is 23.1. The lowest BCUT2D eigenvalue weighted by molar-refractivity contribution is 0.0926. The van der Waals surface area contributed by atoms with Crippen LogP contribution in [0.2, 0.25) is 0 Å². The Morgan fingerprint density at radius 2 is 1.82 bits per heavy atom. The Bertz CT molecular complexity index is 1220. The Morgan fingerprint density at radius 3 is 2.52 bits per heavy atom. The molecule has 33 heavy (non-hydrogen) atoms. The molecular formula is C24H26N6OS2. The standard InChI is InChI=1S/C24H26N6OS2/c1-15(2)17(4)26-23(31)20-13-32-21(27-20)14-33-24-29-28-22(18-9-11-25-12-10-18)30(24)19-7-5-16(3)6-8-19/h5-13,15,17H,14H2,1-4H3,(H,26,31). The molecular weight excluding hydrogens is 452 g/mol. The minimum atomic E-state index is -0.133. The van der Waals surface area contributed by atoms with E-state index in [4.69, 9.17) is 0 Å². The van der Waals surface area contributed by atoms with Gasteiger partial charge in [0.15, 0.2) is 11.0 Å². The summed E-state index contributed by atoms with van der Waals surface area (Å²) in [6.07, 6.45) is 3.50. The van der Waals surface area contributed by atoms with Crippen LogP contribution in [0.25, 0.3) is 17.1 Å². The number of benzene rings is 1. The van der Waals surface area contributed by atoms with Crippen LogP contribution in [0.5, 0.6) is 0 Å².